The molecule has 0 spiro atoms. The number of rotatable bonds is 1. The van der Waals surface area contributed by atoms with Crippen molar-refractivity contribution in [1.29, 1.82) is 5.26 Å². The number of nitriles is 1. The number of hydrogen-bond donors (Lipinski definition) is 0. The SMILES string of the molecule is N#Cc1ccc(-n2ccc(Br)n2)cc1. The second-order valence-corrected chi connectivity index (χ2v) is 3.55. The van der Waals surface area contributed by atoms with E-state index in [9.17, 15) is 0 Å². The number of benzene rings is 1. The van der Waals surface area contributed by atoms with Crippen molar-refractivity contribution in [3.63, 3.8) is 0 Å². The van der Waals surface area contributed by atoms with E-state index in [0.29, 0.717) is 5.56 Å². The van der Waals surface area contributed by atoms with Crippen LogP contribution in [0.1, 0.15) is 5.56 Å². The van der Waals surface area contributed by atoms with Crippen LogP contribution in [-0.2, 0) is 0 Å². The van der Waals surface area contributed by atoms with Crippen molar-refractivity contribution < 1.29 is 0 Å². The van der Waals surface area contributed by atoms with Gasteiger partial charge in [-0.15, -0.1) is 0 Å². The molecule has 0 saturated heterocycles. The maximum absolute atomic E-state index is 8.62. The summed E-state index contributed by atoms with van der Waals surface area (Å²) in [5, 5.41) is 12.8. The fourth-order valence-corrected chi connectivity index (χ4v) is 1.42. The van der Waals surface area contributed by atoms with Crippen LogP contribution in [0, 0.1) is 11.3 Å². The first kappa shape index (κ1) is 8.97. The van der Waals surface area contributed by atoms with Crippen LogP contribution < -0.4 is 0 Å². The fourth-order valence-electron chi connectivity index (χ4n) is 1.13. The molecule has 1 aromatic heterocycles. The first-order chi connectivity index (χ1) is 6.79. The smallest absolute Gasteiger partial charge is 0.128 e. The largest absolute Gasteiger partial charge is 0.240 e. The van der Waals surface area contributed by atoms with Gasteiger partial charge in [0, 0.05) is 6.20 Å². The van der Waals surface area contributed by atoms with Gasteiger partial charge in [0.15, 0.2) is 0 Å². The maximum atomic E-state index is 8.62. The second-order valence-electron chi connectivity index (χ2n) is 2.74. The Labute approximate surface area is 89.7 Å². The van der Waals surface area contributed by atoms with Crippen molar-refractivity contribution in [1.82, 2.24) is 9.78 Å². The summed E-state index contributed by atoms with van der Waals surface area (Å²) in [4.78, 5) is 0. The van der Waals surface area contributed by atoms with E-state index < -0.39 is 0 Å². The monoisotopic (exact) mass is 247 g/mol. The predicted octanol–water partition coefficient (Wildman–Crippen LogP) is 2.51. The lowest BCUT2D eigenvalue weighted by Gasteiger charge is -1.99. The highest BCUT2D eigenvalue weighted by molar-refractivity contribution is 9.10. The van der Waals surface area contributed by atoms with Crippen LogP contribution in [0.3, 0.4) is 0 Å². The number of nitrogens with zero attached hydrogens (tertiary/aromatic N) is 3. The van der Waals surface area contributed by atoms with Crippen molar-refractivity contribution in [3.05, 3.63) is 46.7 Å². The van der Waals surface area contributed by atoms with E-state index in [4.69, 9.17) is 5.26 Å². The second kappa shape index (κ2) is 3.64. The fraction of sp³-hybridized carbons (Fsp3) is 0. The molecule has 0 radical (unpaired) electrons. The van der Waals surface area contributed by atoms with Gasteiger partial charge in [-0.05, 0) is 46.3 Å². The summed E-state index contributed by atoms with van der Waals surface area (Å²) >= 11 is 3.27. The Kier molecular flexibility index (Phi) is 2.33. The van der Waals surface area contributed by atoms with Crippen molar-refractivity contribution in [2.75, 3.05) is 0 Å². The van der Waals surface area contributed by atoms with Gasteiger partial charge in [-0.25, -0.2) is 4.68 Å². The Morgan fingerprint density at radius 1 is 1.21 bits per heavy atom. The van der Waals surface area contributed by atoms with Crippen LogP contribution in [0.5, 0.6) is 0 Å². The molecule has 0 amide bonds. The third-order valence-corrected chi connectivity index (χ3v) is 2.24. The van der Waals surface area contributed by atoms with Gasteiger partial charge in [0.25, 0.3) is 0 Å². The standard InChI is InChI=1S/C10H6BrN3/c11-10-5-6-14(13-10)9-3-1-8(7-12)2-4-9/h1-6H. The molecular formula is C10H6BrN3. The van der Waals surface area contributed by atoms with Crippen LogP contribution in [0.4, 0.5) is 0 Å². The zero-order chi connectivity index (χ0) is 9.97. The average molecular weight is 248 g/mol. The Bertz CT molecular complexity index is 479. The van der Waals surface area contributed by atoms with Gasteiger partial charge in [0.2, 0.25) is 0 Å². The van der Waals surface area contributed by atoms with E-state index in [2.05, 4.69) is 27.1 Å². The Morgan fingerprint density at radius 2 is 1.93 bits per heavy atom. The summed E-state index contributed by atoms with van der Waals surface area (Å²) in [5.74, 6) is 0. The molecule has 2 aromatic rings. The van der Waals surface area contributed by atoms with Gasteiger partial charge in [0.05, 0.1) is 17.3 Å². The van der Waals surface area contributed by atoms with Crippen molar-refractivity contribution in [2.45, 2.75) is 0 Å². The molecular weight excluding hydrogens is 242 g/mol. The lowest BCUT2D eigenvalue weighted by molar-refractivity contribution is 0.870. The number of hydrogen-bond acceptors (Lipinski definition) is 2. The molecule has 0 aliphatic carbocycles. The van der Waals surface area contributed by atoms with E-state index in [1.165, 1.54) is 0 Å². The lowest BCUT2D eigenvalue weighted by Crippen LogP contribution is -1.93. The third kappa shape index (κ3) is 1.68. The minimum absolute atomic E-state index is 0.653. The zero-order valence-electron chi connectivity index (χ0n) is 7.18. The van der Waals surface area contributed by atoms with Crippen molar-refractivity contribution in [3.8, 4) is 11.8 Å². The number of aromatic nitrogens is 2. The third-order valence-electron chi connectivity index (χ3n) is 1.82. The van der Waals surface area contributed by atoms with Crippen LogP contribution in [0.25, 0.3) is 5.69 Å². The lowest BCUT2D eigenvalue weighted by atomic mass is 10.2. The highest BCUT2D eigenvalue weighted by Crippen LogP contribution is 2.11. The molecule has 1 aromatic carbocycles. The minimum atomic E-state index is 0.653. The summed E-state index contributed by atoms with van der Waals surface area (Å²) in [6.07, 6.45) is 1.85. The highest BCUT2D eigenvalue weighted by Gasteiger charge is 1.98. The molecule has 0 atom stereocenters. The molecule has 4 heteroatoms. The van der Waals surface area contributed by atoms with Crippen LogP contribution in [0.15, 0.2) is 41.1 Å². The van der Waals surface area contributed by atoms with Gasteiger partial charge in [-0.3, -0.25) is 0 Å². The quantitative estimate of drug-likeness (QED) is 0.777. The summed E-state index contributed by atoms with van der Waals surface area (Å²) in [6.45, 7) is 0. The molecule has 2 rings (SSSR count). The summed E-state index contributed by atoms with van der Waals surface area (Å²) in [6, 6.07) is 11.2. The summed E-state index contributed by atoms with van der Waals surface area (Å²) < 4.78 is 2.53. The summed E-state index contributed by atoms with van der Waals surface area (Å²) in [7, 11) is 0. The maximum Gasteiger partial charge on any atom is 0.128 e. The molecule has 0 unspecified atom stereocenters. The first-order valence-electron chi connectivity index (χ1n) is 4.01. The molecule has 0 fully saturated rings. The van der Waals surface area contributed by atoms with Crippen molar-refractivity contribution in [2.24, 2.45) is 0 Å². The Morgan fingerprint density at radius 3 is 2.43 bits per heavy atom. The molecule has 0 bridgehead atoms. The van der Waals surface area contributed by atoms with Gasteiger partial charge in [-0.1, -0.05) is 0 Å². The molecule has 1 heterocycles. The van der Waals surface area contributed by atoms with Crippen LogP contribution >= 0.6 is 15.9 Å². The van der Waals surface area contributed by atoms with E-state index in [-0.39, 0.29) is 0 Å². The molecule has 0 aliphatic rings. The normalized spacial score (nSPS) is 9.71. The molecule has 68 valence electrons. The van der Waals surface area contributed by atoms with E-state index >= 15 is 0 Å². The molecule has 3 nitrogen and oxygen atoms in total. The zero-order valence-corrected chi connectivity index (χ0v) is 8.77. The van der Waals surface area contributed by atoms with E-state index in [1.54, 1.807) is 16.8 Å². The minimum Gasteiger partial charge on any atom is -0.240 e. The average Bonchev–Trinajstić information content (AvgIpc) is 2.65. The van der Waals surface area contributed by atoms with Gasteiger partial charge in [0.1, 0.15) is 4.60 Å². The number of halogens is 1. The molecule has 0 aliphatic heterocycles. The van der Waals surface area contributed by atoms with E-state index in [1.807, 2.05) is 24.4 Å². The first-order valence-corrected chi connectivity index (χ1v) is 4.80. The Hall–Kier alpha value is -1.60. The van der Waals surface area contributed by atoms with Crippen LogP contribution in [0.2, 0.25) is 0 Å². The summed E-state index contributed by atoms with van der Waals surface area (Å²) in [5.41, 5.74) is 1.59. The van der Waals surface area contributed by atoms with Gasteiger partial charge in [-0.2, -0.15) is 10.4 Å². The van der Waals surface area contributed by atoms with Crippen LogP contribution in [-0.4, -0.2) is 9.78 Å². The van der Waals surface area contributed by atoms with Gasteiger partial charge < -0.3 is 0 Å². The van der Waals surface area contributed by atoms with Crippen molar-refractivity contribution >= 4 is 15.9 Å². The van der Waals surface area contributed by atoms with Gasteiger partial charge >= 0.3 is 0 Å². The highest BCUT2D eigenvalue weighted by atomic mass is 79.9. The molecule has 14 heavy (non-hydrogen) atoms. The Balaban J connectivity index is 2.39. The predicted molar refractivity (Wildman–Crippen MR) is 56.0 cm³/mol. The molecule has 0 saturated carbocycles. The molecule has 0 N–H and O–H groups in total. The topological polar surface area (TPSA) is 41.6 Å². The van der Waals surface area contributed by atoms with E-state index in [0.717, 1.165) is 10.3 Å².